The number of nitrogens with one attached hydrogen (secondary N) is 1. The summed E-state index contributed by atoms with van der Waals surface area (Å²) in [5.41, 5.74) is 5.32. The summed E-state index contributed by atoms with van der Waals surface area (Å²) in [5, 5.41) is 3.07. The number of carbonyl (C=O) groups excluding carboxylic acids is 1. The highest BCUT2D eigenvalue weighted by Gasteiger charge is 2.41. The lowest BCUT2D eigenvalue weighted by atomic mass is 9.79. The molecule has 1 saturated carbocycles. The summed E-state index contributed by atoms with van der Waals surface area (Å²) in [4.78, 5) is 13.0. The molecule has 2 rings (SSSR count). The molecule has 5 heteroatoms. The first-order valence-corrected chi connectivity index (χ1v) is 8.22. The fraction of sp³-hybridized carbons (Fsp3) is 0.867. The van der Waals surface area contributed by atoms with Crippen molar-refractivity contribution in [3.63, 3.8) is 0 Å². The Balaban J connectivity index is 1.87. The number of hydrogen-bond acceptors (Lipinski definition) is 3. The molecule has 1 aliphatic carbocycles. The van der Waals surface area contributed by atoms with Crippen molar-refractivity contribution < 1.29 is 9.53 Å². The van der Waals surface area contributed by atoms with Crippen molar-refractivity contribution >= 4 is 23.1 Å². The molecule has 20 heavy (non-hydrogen) atoms. The Morgan fingerprint density at radius 2 is 2.00 bits per heavy atom. The molecule has 0 aromatic rings. The van der Waals surface area contributed by atoms with Gasteiger partial charge in [-0.3, -0.25) is 4.79 Å². The highest BCUT2D eigenvalue weighted by Crippen LogP contribution is 2.35. The number of rotatable bonds is 5. The van der Waals surface area contributed by atoms with Crippen molar-refractivity contribution in [2.45, 2.75) is 51.4 Å². The summed E-state index contributed by atoms with van der Waals surface area (Å²) in [6.45, 7) is 2.39. The molecule has 1 unspecified atom stereocenters. The van der Waals surface area contributed by atoms with Crippen LogP contribution in [0.2, 0.25) is 0 Å². The first-order valence-electron chi connectivity index (χ1n) is 7.81. The zero-order valence-electron chi connectivity index (χ0n) is 12.2. The summed E-state index contributed by atoms with van der Waals surface area (Å²) in [7, 11) is 0. The molecule has 0 aromatic heterocycles. The van der Waals surface area contributed by atoms with E-state index in [0.29, 0.717) is 17.5 Å². The van der Waals surface area contributed by atoms with Gasteiger partial charge in [-0.25, -0.2) is 0 Å². The number of ether oxygens (including phenoxy) is 1. The maximum absolute atomic E-state index is 12.6. The molecule has 1 heterocycles. The van der Waals surface area contributed by atoms with Crippen LogP contribution < -0.4 is 11.1 Å². The topological polar surface area (TPSA) is 64.4 Å². The number of hydrogen-bond donors (Lipinski definition) is 2. The Morgan fingerprint density at radius 3 is 2.55 bits per heavy atom. The first-order chi connectivity index (χ1) is 9.65. The van der Waals surface area contributed by atoms with E-state index >= 15 is 0 Å². The third kappa shape index (κ3) is 3.70. The van der Waals surface area contributed by atoms with Crippen LogP contribution in [0.1, 0.15) is 51.4 Å². The standard InChI is InChI=1S/C15H26N2O2S/c16-13(20)15(7-3-1-2-4-8-15)14(18)17-9-5-12-6-10-19-11-12/h12H,1-11H2,(H2,16,20)(H,17,18). The van der Waals surface area contributed by atoms with Crippen LogP contribution in [0.25, 0.3) is 0 Å². The van der Waals surface area contributed by atoms with E-state index in [9.17, 15) is 4.79 Å². The SMILES string of the molecule is NC(=S)C1(C(=O)NCCC2CCOC2)CCCCCC1. The Bertz CT molecular complexity index is 346. The molecule has 0 bridgehead atoms. The summed E-state index contributed by atoms with van der Waals surface area (Å²) in [6.07, 6.45) is 8.15. The molecule has 1 saturated heterocycles. The van der Waals surface area contributed by atoms with Crippen LogP contribution in [0.4, 0.5) is 0 Å². The van der Waals surface area contributed by atoms with Gasteiger partial charge in [0.05, 0.1) is 10.4 Å². The zero-order chi connectivity index (χ0) is 14.4. The highest BCUT2D eigenvalue weighted by molar-refractivity contribution is 7.80. The Labute approximate surface area is 126 Å². The van der Waals surface area contributed by atoms with E-state index in [-0.39, 0.29) is 5.91 Å². The zero-order valence-corrected chi connectivity index (χ0v) is 13.0. The number of nitrogens with two attached hydrogens (primary N) is 1. The second kappa shape index (κ2) is 7.36. The molecule has 1 amide bonds. The minimum atomic E-state index is -0.599. The van der Waals surface area contributed by atoms with Crippen LogP contribution in [0.15, 0.2) is 0 Å². The average Bonchev–Trinajstić information content (AvgIpc) is 2.80. The second-order valence-electron chi connectivity index (χ2n) is 6.13. The van der Waals surface area contributed by atoms with Crippen molar-refractivity contribution in [1.82, 2.24) is 5.32 Å². The van der Waals surface area contributed by atoms with Crippen LogP contribution >= 0.6 is 12.2 Å². The largest absolute Gasteiger partial charge is 0.392 e. The van der Waals surface area contributed by atoms with Crippen LogP contribution in [0.3, 0.4) is 0 Å². The number of amides is 1. The lowest BCUT2D eigenvalue weighted by Crippen LogP contribution is -2.49. The molecule has 114 valence electrons. The monoisotopic (exact) mass is 298 g/mol. The predicted molar refractivity (Wildman–Crippen MR) is 83.5 cm³/mol. The number of thiocarbonyl (C=S) groups is 1. The van der Waals surface area contributed by atoms with Gasteiger partial charge in [-0.15, -0.1) is 0 Å². The van der Waals surface area contributed by atoms with Gasteiger partial charge in [-0.1, -0.05) is 37.9 Å². The van der Waals surface area contributed by atoms with Gasteiger partial charge in [0.1, 0.15) is 0 Å². The van der Waals surface area contributed by atoms with Crippen LogP contribution in [0.5, 0.6) is 0 Å². The second-order valence-corrected chi connectivity index (χ2v) is 6.57. The minimum Gasteiger partial charge on any atom is -0.392 e. The van der Waals surface area contributed by atoms with Crippen molar-refractivity contribution in [3.8, 4) is 0 Å². The Morgan fingerprint density at radius 1 is 1.30 bits per heavy atom. The van der Waals surface area contributed by atoms with Crippen LogP contribution in [-0.4, -0.2) is 30.7 Å². The third-order valence-electron chi connectivity index (χ3n) is 4.73. The van der Waals surface area contributed by atoms with Gasteiger partial charge >= 0.3 is 0 Å². The summed E-state index contributed by atoms with van der Waals surface area (Å²) >= 11 is 5.22. The van der Waals surface area contributed by atoms with Crippen LogP contribution in [-0.2, 0) is 9.53 Å². The lowest BCUT2D eigenvalue weighted by molar-refractivity contribution is -0.128. The van der Waals surface area contributed by atoms with Gasteiger partial charge in [0.2, 0.25) is 5.91 Å². The van der Waals surface area contributed by atoms with Crippen molar-refractivity contribution in [2.75, 3.05) is 19.8 Å². The highest BCUT2D eigenvalue weighted by atomic mass is 32.1. The van der Waals surface area contributed by atoms with E-state index < -0.39 is 5.41 Å². The van der Waals surface area contributed by atoms with Crippen LogP contribution in [0, 0.1) is 11.3 Å². The average molecular weight is 298 g/mol. The fourth-order valence-electron chi connectivity index (χ4n) is 3.29. The molecule has 3 N–H and O–H groups in total. The molecule has 2 aliphatic rings. The predicted octanol–water partition coefficient (Wildman–Crippen LogP) is 2.16. The summed E-state index contributed by atoms with van der Waals surface area (Å²) in [5.74, 6) is 0.635. The van der Waals surface area contributed by atoms with Gasteiger partial charge in [0.15, 0.2) is 0 Å². The molecule has 0 spiro atoms. The molecule has 2 fully saturated rings. The quantitative estimate of drug-likeness (QED) is 0.603. The van der Waals surface area contributed by atoms with Crippen molar-refractivity contribution in [1.29, 1.82) is 0 Å². The minimum absolute atomic E-state index is 0.0471. The van der Waals surface area contributed by atoms with E-state index in [0.717, 1.165) is 51.7 Å². The van der Waals surface area contributed by atoms with Crippen molar-refractivity contribution in [2.24, 2.45) is 17.1 Å². The number of carbonyl (C=O) groups is 1. The van der Waals surface area contributed by atoms with Gasteiger partial charge in [-0.2, -0.15) is 0 Å². The lowest BCUT2D eigenvalue weighted by Gasteiger charge is -2.30. The molecular weight excluding hydrogens is 272 g/mol. The molecule has 1 atom stereocenters. The van der Waals surface area contributed by atoms with E-state index in [1.54, 1.807) is 0 Å². The molecule has 4 nitrogen and oxygen atoms in total. The van der Waals surface area contributed by atoms with E-state index in [2.05, 4.69) is 5.32 Å². The van der Waals surface area contributed by atoms with E-state index in [4.69, 9.17) is 22.7 Å². The van der Waals surface area contributed by atoms with Gasteiger partial charge in [0, 0.05) is 19.8 Å². The van der Waals surface area contributed by atoms with Gasteiger partial charge in [0.25, 0.3) is 0 Å². The van der Waals surface area contributed by atoms with E-state index in [1.165, 1.54) is 12.8 Å². The normalized spacial score (nSPS) is 25.9. The smallest absolute Gasteiger partial charge is 0.233 e. The van der Waals surface area contributed by atoms with Gasteiger partial charge in [-0.05, 0) is 31.6 Å². The Kier molecular flexibility index (Phi) is 5.78. The summed E-state index contributed by atoms with van der Waals surface area (Å²) < 4.78 is 5.35. The fourth-order valence-corrected chi connectivity index (χ4v) is 3.58. The molecule has 0 aromatic carbocycles. The third-order valence-corrected chi connectivity index (χ3v) is 5.12. The molecule has 0 radical (unpaired) electrons. The Hall–Kier alpha value is -0.680. The maximum atomic E-state index is 12.6. The van der Waals surface area contributed by atoms with E-state index in [1.807, 2.05) is 0 Å². The molecular formula is C15H26N2O2S. The first kappa shape index (κ1) is 15.7. The maximum Gasteiger partial charge on any atom is 0.233 e. The molecule has 1 aliphatic heterocycles. The van der Waals surface area contributed by atoms with Crippen molar-refractivity contribution in [3.05, 3.63) is 0 Å². The van der Waals surface area contributed by atoms with Gasteiger partial charge < -0.3 is 15.8 Å². The summed E-state index contributed by atoms with van der Waals surface area (Å²) in [6, 6.07) is 0.